The van der Waals surface area contributed by atoms with Crippen molar-refractivity contribution in [2.75, 3.05) is 42.9 Å². The van der Waals surface area contributed by atoms with Gasteiger partial charge in [0, 0.05) is 67.7 Å². The van der Waals surface area contributed by atoms with E-state index in [0.29, 0.717) is 26.2 Å². The third-order valence-electron chi connectivity index (χ3n) is 6.65. The fraction of sp³-hybridized carbons (Fsp3) is 0.370. The van der Waals surface area contributed by atoms with Gasteiger partial charge >= 0.3 is 6.09 Å². The minimum absolute atomic E-state index is 0.171. The van der Waals surface area contributed by atoms with Crippen molar-refractivity contribution in [3.63, 3.8) is 0 Å². The molecule has 4 aliphatic rings. The normalized spacial score (nSPS) is 15.9. The number of thiazole rings is 1. The quantitative estimate of drug-likeness (QED) is 0.406. The molecule has 4 aliphatic heterocycles. The number of hydrogen-bond acceptors (Lipinski definition) is 9. The second-order valence-electron chi connectivity index (χ2n) is 10.5. The van der Waals surface area contributed by atoms with Gasteiger partial charge in [-0.3, -0.25) is 0 Å². The molecular formula is C27H29FN8O2S. The highest BCUT2D eigenvalue weighted by Crippen LogP contribution is 2.36. The molecule has 0 bridgehead atoms. The van der Waals surface area contributed by atoms with Crippen molar-refractivity contribution < 1.29 is 13.9 Å². The van der Waals surface area contributed by atoms with Crippen molar-refractivity contribution in [3.05, 3.63) is 52.8 Å². The fourth-order valence-electron chi connectivity index (χ4n) is 4.82. The fourth-order valence-corrected chi connectivity index (χ4v) is 5.37. The van der Waals surface area contributed by atoms with Crippen LogP contribution in [0.2, 0.25) is 0 Å². The lowest BCUT2D eigenvalue weighted by molar-refractivity contribution is 0.0240. The molecule has 0 saturated carbocycles. The number of amides is 1. The standard InChI is InChI=1S/C27H29FN8O2S/c1-27(2,3)38-26(37)35-10-8-34(9-11-35)18-4-5-21(20(28)13-18)32-25-30-14-17-12-19(22-15-39-16-31-22)24-29-6-7-36(24)23(17)33-25/h4-5,12-16,29H,6-11H2,1-3H3. The van der Waals surface area contributed by atoms with E-state index >= 15 is 4.39 Å². The van der Waals surface area contributed by atoms with Crippen LogP contribution in [0.5, 0.6) is 0 Å². The molecule has 1 aromatic heterocycles. The molecule has 6 rings (SSSR count). The molecule has 5 heterocycles. The summed E-state index contributed by atoms with van der Waals surface area (Å²) in [6.07, 6.45) is 1.40. The van der Waals surface area contributed by atoms with Gasteiger partial charge < -0.3 is 24.4 Å². The average molecular weight is 549 g/mol. The Bertz CT molecular complexity index is 1560. The Balaban J connectivity index is 1.23. The van der Waals surface area contributed by atoms with Crippen LogP contribution >= 0.6 is 11.3 Å². The topological polar surface area (TPSA) is 101 Å². The van der Waals surface area contributed by atoms with Gasteiger partial charge in [0.1, 0.15) is 22.9 Å². The lowest BCUT2D eigenvalue weighted by Crippen LogP contribution is -2.50. The van der Waals surface area contributed by atoms with Crippen molar-refractivity contribution in [2.45, 2.75) is 32.9 Å². The van der Waals surface area contributed by atoms with Crippen LogP contribution in [-0.2, 0) is 11.3 Å². The van der Waals surface area contributed by atoms with Gasteiger partial charge in [-0.15, -0.1) is 11.3 Å². The minimum atomic E-state index is -0.536. The molecule has 1 aromatic carbocycles. The number of hydrogen-bond donors (Lipinski definition) is 1. The van der Waals surface area contributed by atoms with Crippen molar-refractivity contribution in [1.29, 1.82) is 0 Å². The zero-order chi connectivity index (χ0) is 27.1. The predicted molar refractivity (Wildman–Crippen MR) is 148 cm³/mol. The molecule has 10 nitrogen and oxygen atoms in total. The number of pyridine rings is 1. The first-order chi connectivity index (χ1) is 18.7. The summed E-state index contributed by atoms with van der Waals surface area (Å²) in [4.78, 5) is 34.0. The number of carbonyl (C=O) groups excluding carboxylic acids is 1. The van der Waals surface area contributed by atoms with Crippen molar-refractivity contribution in [2.24, 2.45) is 4.99 Å². The Labute approximate surface area is 229 Å². The molecule has 1 N–H and O–H groups in total. The molecule has 1 amide bonds. The van der Waals surface area contributed by atoms with Crippen LogP contribution < -0.4 is 15.8 Å². The number of nitrogens with zero attached hydrogens (tertiary/aromatic N) is 7. The summed E-state index contributed by atoms with van der Waals surface area (Å²) in [5.41, 5.74) is 5.16. The highest BCUT2D eigenvalue weighted by molar-refractivity contribution is 7.07. The van der Waals surface area contributed by atoms with Crippen LogP contribution in [0.25, 0.3) is 22.6 Å². The molecule has 2 aromatic rings. The molecule has 39 heavy (non-hydrogen) atoms. The van der Waals surface area contributed by atoms with E-state index in [1.54, 1.807) is 28.5 Å². The number of fused-ring (bicyclic) bond motifs is 3. The zero-order valence-electron chi connectivity index (χ0n) is 22.0. The third-order valence-corrected chi connectivity index (χ3v) is 7.23. The van der Waals surface area contributed by atoms with Crippen molar-refractivity contribution in [3.8, 4) is 22.6 Å². The second-order valence-corrected chi connectivity index (χ2v) is 11.2. The van der Waals surface area contributed by atoms with E-state index in [4.69, 9.17) is 4.74 Å². The minimum Gasteiger partial charge on any atom is -0.444 e. The van der Waals surface area contributed by atoms with Gasteiger partial charge in [-0.2, -0.15) is 4.98 Å². The number of rotatable bonds is 3. The van der Waals surface area contributed by atoms with Gasteiger partial charge in [0.2, 0.25) is 0 Å². The molecule has 0 atom stereocenters. The van der Waals surface area contributed by atoms with Crippen LogP contribution in [0, 0.1) is 5.82 Å². The Hall–Kier alpha value is -4.06. The van der Waals surface area contributed by atoms with E-state index in [-0.39, 0.29) is 17.4 Å². The Kier molecular flexibility index (Phi) is 6.42. The molecule has 1 saturated heterocycles. The summed E-state index contributed by atoms with van der Waals surface area (Å²) in [7, 11) is 0. The van der Waals surface area contributed by atoms with Gasteiger partial charge in [-0.05, 0) is 45.0 Å². The summed E-state index contributed by atoms with van der Waals surface area (Å²) >= 11 is 1.55. The van der Waals surface area contributed by atoms with Gasteiger partial charge in [-0.1, -0.05) is 0 Å². The van der Waals surface area contributed by atoms with Crippen molar-refractivity contribution >= 4 is 34.6 Å². The predicted octanol–water partition coefficient (Wildman–Crippen LogP) is 4.36. The van der Waals surface area contributed by atoms with E-state index < -0.39 is 11.4 Å². The first kappa shape index (κ1) is 25.2. The number of piperazine rings is 1. The van der Waals surface area contributed by atoms with Crippen LogP contribution in [0.3, 0.4) is 0 Å². The van der Waals surface area contributed by atoms with Crippen LogP contribution in [-0.4, -0.2) is 68.8 Å². The lowest BCUT2D eigenvalue weighted by atomic mass is 10.1. The number of benzene rings is 1. The second kappa shape index (κ2) is 9.92. The average Bonchev–Trinajstić information content (AvgIpc) is 3.62. The summed E-state index contributed by atoms with van der Waals surface area (Å²) in [5, 5.41) is 5.44. The Morgan fingerprint density at radius 1 is 1.13 bits per heavy atom. The van der Waals surface area contributed by atoms with Gasteiger partial charge in [0.25, 0.3) is 5.62 Å². The summed E-state index contributed by atoms with van der Waals surface area (Å²) in [6, 6.07) is 6.97. The van der Waals surface area contributed by atoms with Gasteiger partial charge in [0.05, 0.1) is 11.2 Å². The Morgan fingerprint density at radius 3 is 2.67 bits per heavy atom. The molecule has 1 fully saturated rings. The first-order valence-electron chi connectivity index (χ1n) is 12.9. The molecule has 202 valence electrons. The number of anilines is 2. The van der Waals surface area contributed by atoms with E-state index in [1.807, 2.05) is 48.7 Å². The number of halogens is 1. The van der Waals surface area contributed by atoms with Crippen molar-refractivity contribution in [1.82, 2.24) is 24.4 Å². The first-order valence-corrected chi connectivity index (χ1v) is 13.8. The van der Waals surface area contributed by atoms with Crippen LogP contribution in [0.4, 0.5) is 26.4 Å². The van der Waals surface area contributed by atoms with E-state index in [2.05, 4.69) is 29.8 Å². The maximum Gasteiger partial charge on any atom is 0.410 e. The molecule has 0 radical (unpaired) electrons. The lowest BCUT2D eigenvalue weighted by Gasteiger charge is -2.36. The summed E-state index contributed by atoms with van der Waals surface area (Å²) < 4.78 is 22.7. The highest BCUT2D eigenvalue weighted by atomic mass is 32.1. The van der Waals surface area contributed by atoms with Crippen LogP contribution in [0.15, 0.2) is 46.3 Å². The molecular weight excluding hydrogens is 519 g/mol. The molecule has 0 aliphatic carbocycles. The third kappa shape index (κ3) is 5.16. The smallest absolute Gasteiger partial charge is 0.410 e. The zero-order valence-corrected chi connectivity index (χ0v) is 22.8. The Morgan fingerprint density at radius 2 is 1.95 bits per heavy atom. The highest BCUT2D eigenvalue weighted by Gasteiger charge is 2.26. The molecule has 0 spiro atoms. The maximum absolute atomic E-state index is 15.1. The van der Waals surface area contributed by atoms with Crippen LogP contribution in [0.1, 0.15) is 20.8 Å². The summed E-state index contributed by atoms with van der Waals surface area (Å²) in [6.45, 7) is 9.28. The number of aromatic nitrogens is 4. The van der Waals surface area contributed by atoms with E-state index in [9.17, 15) is 4.79 Å². The monoisotopic (exact) mass is 548 g/mol. The molecule has 0 unspecified atom stereocenters. The SMILES string of the molecule is CC(C)(C)OC(=O)N1CCN(c2ccc(N=c3ncc4cc(-c5cscn5)c5n(c-4n3)CCN5)c(F)c2)CC1. The number of nitrogens with one attached hydrogen (secondary N) is 1. The maximum atomic E-state index is 15.1. The van der Waals surface area contributed by atoms with Gasteiger partial charge in [0.15, 0.2) is 5.82 Å². The largest absolute Gasteiger partial charge is 0.444 e. The summed E-state index contributed by atoms with van der Waals surface area (Å²) in [5.74, 6) is 1.24. The number of carbonyl (C=O) groups is 1. The van der Waals surface area contributed by atoms with Gasteiger partial charge in [-0.25, -0.2) is 24.1 Å². The molecule has 12 heteroatoms. The van der Waals surface area contributed by atoms with E-state index in [0.717, 1.165) is 47.2 Å². The van der Waals surface area contributed by atoms with E-state index in [1.165, 1.54) is 6.07 Å². The number of ether oxygens (including phenoxy) is 1.